The van der Waals surface area contributed by atoms with Gasteiger partial charge in [-0.1, -0.05) is 31.9 Å². The quantitative estimate of drug-likeness (QED) is 0.875. The molecule has 1 aromatic heterocycles. The third-order valence-corrected chi connectivity index (χ3v) is 4.69. The maximum absolute atomic E-state index is 6.33. The van der Waals surface area contributed by atoms with Crippen molar-refractivity contribution in [2.75, 3.05) is 6.54 Å². The monoisotopic (exact) mass is 292 g/mol. The smallest absolute Gasteiger partial charge is 0.0964 e. The summed E-state index contributed by atoms with van der Waals surface area (Å²) >= 11 is 0. The van der Waals surface area contributed by atoms with E-state index >= 15 is 0 Å². The molecule has 0 aromatic carbocycles. The van der Waals surface area contributed by atoms with Crippen LogP contribution in [0.25, 0.3) is 0 Å². The zero-order chi connectivity index (χ0) is 14.7. The Labute approximate surface area is 127 Å². The molecule has 0 radical (unpaired) electrons. The highest BCUT2D eigenvalue weighted by molar-refractivity contribution is 4.95. The SMILES string of the molecule is CC(C)CNCc1cn(CC2CCC3(CCCC3)O2)nn1. The third-order valence-electron chi connectivity index (χ3n) is 4.69. The Bertz CT molecular complexity index is 451. The van der Waals surface area contributed by atoms with Gasteiger partial charge in [0.15, 0.2) is 0 Å². The highest BCUT2D eigenvalue weighted by Gasteiger charge is 2.42. The van der Waals surface area contributed by atoms with Gasteiger partial charge in [-0.25, -0.2) is 4.68 Å². The molecule has 1 N–H and O–H groups in total. The standard InChI is InChI=1S/C16H28N4O/c1-13(2)9-17-10-14-11-20(19-18-14)12-15-5-8-16(21-15)6-3-4-7-16/h11,13,15,17H,3-10,12H2,1-2H3. The lowest BCUT2D eigenvalue weighted by Crippen LogP contribution is -2.26. The van der Waals surface area contributed by atoms with Gasteiger partial charge in [0.1, 0.15) is 0 Å². The highest BCUT2D eigenvalue weighted by atomic mass is 16.5. The maximum Gasteiger partial charge on any atom is 0.0964 e. The van der Waals surface area contributed by atoms with E-state index in [2.05, 4.69) is 35.7 Å². The molecule has 2 fully saturated rings. The van der Waals surface area contributed by atoms with Crippen LogP contribution < -0.4 is 5.32 Å². The van der Waals surface area contributed by atoms with E-state index in [0.717, 1.165) is 25.3 Å². The molecular weight excluding hydrogens is 264 g/mol. The van der Waals surface area contributed by atoms with E-state index in [0.29, 0.717) is 12.0 Å². The van der Waals surface area contributed by atoms with Gasteiger partial charge < -0.3 is 10.1 Å². The molecule has 5 heteroatoms. The highest BCUT2D eigenvalue weighted by Crippen LogP contribution is 2.43. The zero-order valence-electron chi connectivity index (χ0n) is 13.3. The summed E-state index contributed by atoms with van der Waals surface area (Å²) in [7, 11) is 0. The minimum absolute atomic E-state index is 0.215. The molecule has 0 bridgehead atoms. The summed E-state index contributed by atoms with van der Waals surface area (Å²) in [6, 6.07) is 0. The van der Waals surface area contributed by atoms with Crippen LogP contribution in [0.1, 0.15) is 58.1 Å². The lowest BCUT2D eigenvalue weighted by atomic mass is 9.98. The molecule has 118 valence electrons. The molecule has 3 rings (SSSR count). The van der Waals surface area contributed by atoms with Gasteiger partial charge in [0.05, 0.1) is 23.9 Å². The Morgan fingerprint density at radius 2 is 2.19 bits per heavy atom. The number of nitrogens with one attached hydrogen (secondary N) is 1. The van der Waals surface area contributed by atoms with Gasteiger partial charge in [0, 0.05) is 12.7 Å². The first-order valence-corrected chi connectivity index (χ1v) is 8.43. The van der Waals surface area contributed by atoms with Gasteiger partial charge in [0.2, 0.25) is 0 Å². The summed E-state index contributed by atoms with van der Waals surface area (Å²) in [6.07, 6.45) is 9.95. The van der Waals surface area contributed by atoms with Crippen molar-refractivity contribution < 1.29 is 4.74 Å². The predicted octanol–water partition coefficient (Wildman–Crippen LogP) is 2.52. The van der Waals surface area contributed by atoms with E-state index in [4.69, 9.17) is 4.74 Å². The number of nitrogens with zero attached hydrogens (tertiary/aromatic N) is 3. The van der Waals surface area contributed by atoms with Crippen LogP contribution in [-0.2, 0) is 17.8 Å². The summed E-state index contributed by atoms with van der Waals surface area (Å²) in [5, 5.41) is 11.9. The molecule has 1 unspecified atom stereocenters. The Hall–Kier alpha value is -0.940. The predicted molar refractivity (Wildman–Crippen MR) is 81.9 cm³/mol. The van der Waals surface area contributed by atoms with Gasteiger partial charge in [-0.3, -0.25) is 0 Å². The van der Waals surface area contributed by atoms with Crippen molar-refractivity contribution in [1.29, 1.82) is 0 Å². The van der Waals surface area contributed by atoms with E-state index < -0.39 is 0 Å². The van der Waals surface area contributed by atoms with E-state index in [1.165, 1.54) is 38.5 Å². The number of hydrogen-bond donors (Lipinski definition) is 1. The van der Waals surface area contributed by atoms with Crippen LogP contribution in [0, 0.1) is 5.92 Å². The molecule has 1 saturated carbocycles. The Morgan fingerprint density at radius 1 is 1.38 bits per heavy atom. The number of ether oxygens (including phenoxy) is 1. The summed E-state index contributed by atoms with van der Waals surface area (Å²) in [6.45, 7) is 7.08. The summed E-state index contributed by atoms with van der Waals surface area (Å²) in [5.74, 6) is 0.662. The van der Waals surface area contributed by atoms with Crippen LogP contribution in [-0.4, -0.2) is 33.2 Å². The average molecular weight is 292 g/mol. The second kappa shape index (κ2) is 6.44. The largest absolute Gasteiger partial charge is 0.370 e. The Kier molecular flexibility index (Phi) is 4.60. The number of hydrogen-bond acceptors (Lipinski definition) is 4. The molecule has 1 spiro atoms. The fourth-order valence-corrected chi connectivity index (χ4v) is 3.62. The molecule has 1 saturated heterocycles. The maximum atomic E-state index is 6.33. The van der Waals surface area contributed by atoms with Crippen LogP contribution in [0.5, 0.6) is 0 Å². The molecule has 1 aromatic rings. The Morgan fingerprint density at radius 3 is 2.95 bits per heavy atom. The molecule has 1 aliphatic carbocycles. The van der Waals surface area contributed by atoms with Crippen molar-refractivity contribution in [3.05, 3.63) is 11.9 Å². The topological polar surface area (TPSA) is 52.0 Å². The van der Waals surface area contributed by atoms with Crippen molar-refractivity contribution in [3.8, 4) is 0 Å². The molecule has 2 aliphatic rings. The van der Waals surface area contributed by atoms with Gasteiger partial charge in [0.25, 0.3) is 0 Å². The van der Waals surface area contributed by atoms with Gasteiger partial charge in [-0.05, 0) is 38.1 Å². The molecule has 21 heavy (non-hydrogen) atoms. The van der Waals surface area contributed by atoms with Crippen LogP contribution in [0.2, 0.25) is 0 Å². The molecule has 1 aliphatic heterocycles. The van der Waals surface area contributed by atoms with Crippen LogP contribution >= 0.6 is 0 Å². The third kappa shape index (κ3) is 3.83. The van der Waals surface area contributed by atoms with E-state index in [9.17, 15) is 0 Å². The van der Waals surface area contributed by atoms with E-state index in [-0.39, 0.29) is 5.60 Å². The molecule has 5 nitrogen and oxygen atoms in total. The first kappa shape index (κ1) is 15.0. The van der Waals surface area contributed by atoms with Crippen molar-refractivity contribution in [1.82, 2.24) is 20.3 Å². The number of aromatic nitrogens is 3. The summed E-state index contributed by atoms with van der Waals surface area (Å²) < 4.78 is 8.28. The van der Waals surface area contributed by atoms with Crippen LogP contribution in [0.15, 0.2) is 6.20 Å². The minimum Gasteiger partial charge on any atom is -0.370 e. The first-order chi connectivity index (χ1) is 10.2. The van der Waals surface area contributed by atoms with Crippen molar-refractivity contribution in [3.63, 3.8) is 0 Å². The van der Waals surface area contributed by atoms with Crippen LogP contribution in [0.3, 0.4) is 0 Å². The Balaban J connectivity index is 1.46. The van der Waals surface area contributed by atoms with Crippen molar-refractivity contribution in [2.24, 2.45) is 5.92 Å². The summed E-state index contributed by atoms with van der Waals surface area (Å²) in [5.41, 5.74) is 1.23. The number of rotatable bonds is 6. The van der Waals surface area contributed by atoms with Gasteiger partial charge >= 0.3 is 0 Å². The van der Waals surface area contributed by atoms with Gasteiger partial charge in [-0.2, -0.15) is 0 Å². The van der Waals surface area contributed by atoms with E-state index in [1.54, 1.807) is 0 Å². The molecule has 2 heterocycles. The van der Waals surface area contributed by atoms with Crippen LogP contribution in [0.4, 0.5) is 0 Å². The molecule has 1 atom stereocenters. The van der Waals surface area contributed by atoms with Crippen molar-refractivity contribution >= 4 is 0 Å². The molecular formula is C16H28N4O. The minimum atomic E-state index is 0.215. The van der Waals surface area contributed by atoms with Crippen molar-refractivity contribution in [2.45, 2.75) is 77.2 Å². The lowest BCUT2D eigenvalue weighted by molar-refractivity contribution is -0.0430. The average Bonchev–Trinajstić information content (AvgIpc) is 3.15. The normalized spacial score (nSPS) is 24.4. The second-order valence-corrected chi connectivity index (χ2v) is 7.13. The zero-order valence-corrected chi connectivity index (χ0v) is 13.3. The van der Waals surface area contributed by atoms with E-state index in [1.807, 2.05) is 4.68 Å². The molecule has 0 amide bonds. The fraction of sp³-hybridized carbons (Fsp3) is 0.875. The first-order valence-electron chi connectivity index (χ1n) is 8.43. The lowest BCUT2D eigenvalue weighted by Gasteiger charge is -2.23. The summed E-state index contributed by atoms with van der Waals surface area (Å²) in [4.78, 5) is 0. The second-order valence-electron chi connectivity index (χ2n) is 7.13. The fourth-order valence-electron chi connectivity index (χ4n) is 3.62. The van der Waals surface area contributed by atoms with Gasteiger partial charge in [-0.15, -0.1) is 5.10 Å².